The highest BCUT2D eigenvalue weighted by molar-refractivity contribution is 6.24. The van der Waals surface area contributed by atoms with Crippen LogP contribution in [0, 0.1) is 23.3 Å². The van der Waals surface area contributed by atoms with Gasteiger partial charge in [0.25, 0.3) is 5.92 Å². The molecule has 0 bridgehead atoms. The molecule has 1 N–H and O–H groups in total. The predicted molar refractivity (Wildman–Crippen MR) is 71.8 cm³/mol. The fourth-order valence-electron chi connectivity index (χ4n) is 1.89. The molecule has 0 spiro atoms. The Hall–Kier alpha value is -2.52. The van der Waals surface area contributed by atoms with Crippen molar-refractivity contribution in [2.24, 2.45) is 0 Å². The Labute approximate surface area is 137 Å². The first kappa shape index (κ1) is 18.8. The maximum Gasteiger partial charge on any atom is 0.343 e. The van der Waals surface area contributed by atoms with E-state index in [2.05, 4.69) is 10.1 Å². The van der Waals surface area contributed by atoms with Crippen molar-refractivity contribution < 1.29 is 40.7 Å². The minimum Gasteiger partial charge on any atom is -0.462 e. The molecule has 10 heteroatoms. The monoisotopic (exact) mass is 367 g/mol. The van der Waals surface area contributed by atoms with Gasteiger partial charge in [-0.2, -0.15) is 0 Å². The van der Waals surface area contributed by atoms with Crippen LogP contribution in [0.1, 0.15) is 23.7 Å². The van der Waals surface area contributed by atoms with Gasteiger partial charge >= 0.3 is 5.97 Å². The molecule has 0 aromatic heterocycles. The summed E-state index contributed by atoms with van der Waals surface area (Å²) in [5, 5.41) is 2.08. The minimum atomic E-state index is -3.04. The number of ether oxygens (including phenoxy) is 1. The molecule has 1 saturated carbocycles. The standard InChI is InChI=1S/C15H11F6NO3/c1-2-25-14(24)7(5-22-9-4-15(9,20)21)13(23)6-3-8(16)11(18)12(19)10(6)17/h3,5,9,22H,2,4H2,1H3. The summed E-state index contributed by atoms with van der Waals surface area (Å²) in [6, 6.07) is -1.29. The van der Waals surface area contributed by atoms with Crippen LogP contribution in [0.4, 0.5) is 26.3 Å². The molecule has 0 amide bonds. The van der Waals surface area contributed by atoms with E-state index in [0.29, 0.717) is 6.20 Å². The number of halogens is 6. The second kappa shape index (κ2) is 6.77. The van der Waals surface area contributed by atoms with Crippen molar-refractivity contribution in [3.05, 3.63) is 46.7 Å². The molecule has 1 aliphatic carbocycles. The summed E-state index contributed by atoms with van der Waals surface area (Å²) in [6.45, 7) is 1.16. The molecule has 0 saturated heterocycles. The molecule has 0 heterocycles. The van der Waals surface area contributed by atoms with Crippen LogP contribution in [0.3, 0.4) is 0 Å². The van der Waals surface area contributed by atoms with Crippen LogP contribution in [0.2, 0.25) is 0 Å². The van der Waals surface area contributed by atoms with Crippen molar-refractivity contribution in [3.8, 4) is 0 Å². The maximum atomic E-state index is 13.7. The number of ketones is 1. The molecule has 1 aromatic rings. The molecule has 136 valence electrons. The van der Waals surface area contributed by atoms with Crippen LogP contribution < -0.4 is 5.32 Å². The number of carbonyl (C=O) groups is 2. The molecule has 2 rings (SSSR count). The van der Waals surface area contributed by atoms with Gasteiger partial charge in [-0.3, -0.25) is 4.79 Å². The van der Waals surface area contributed by atoms with E-state index < -0.39 is 64.5 Å². The Morgan fingerprint density at radius 2 is 1.84 bits per heavy atom. The average molecular weight is 367 g/mol. The molecule has 1 aliphatic rings. The average Bonchev–Trinajstić information content (AvgIpc) is 3.16. The Bertz CT molecular complexity index is 762. The van der Waals surface area contributed by atoms with Gasteiger partial charge in [-0.05, 0) is 13.0 Å². The van der Waals surface area contributed by atoms with Gasteiger partial charge in [0.2, 0.25) is 5.78 Å². The molecule has 4 nitrogen and oxygen atoms in total. The molecule has 1 fully saturated rings. The van der Waals surface area contributed by atoms with E-state index in [4.69, 9.17) is 0 Å². The van der Waals surface area contributed by atoms with Crippen LogP contribution >= 0.6 is 0 Å². The summed E-state index contributed by atoms with van der Waals surface area (Å²) in [5.74, 6) is -14.2. The van der Waals surface area contributed by atoms with Gasteiger partial charge in [-0.1, -0.05) is 0 Å². The largest absolute Gasteiger partial charge is 0.462 e. The van der Waals surface area contributed by atoms with Crippen molar-refractivity contribution in [2.75, 3.05) is 6.61 Å². The Morgan fingerprint density at radius 3 is 2.36 bits per heavy atom. The van der Waals surface area contributed by atoms with Crippen molar-refractivity contribution in [3.63, 3.8) is 0 Å². The molecule has 0 aliphatic heterocycles. The summed E-state index contributed by atoms with van der Waals surface area (Å²) >= 11 is 0. The normalized spacial score (nSPS) is 18.7. The van der Waals surface area contributed by atoms with E-state index in [9.17, 15) is 35.9 Å². The lowest BCUT2D eigenvalue weighted by atomic mass is 10.0. The summed E-state index contributed by atoms with van der Waals surface area (Å²) in [5.41, 5.74) is -2.24. The highest BCUT2D eigenvalue weighted by Crippen LogP contribution is 2.41. The maximum absolute atomic E-state index is 13.7. The van der Waals surface area contributed by atoms with Gasteiger partial charge in [0, 0.05) is 12.6 Å². The van der Waals surface area contributed by atoms with E-state index in [1.54, 1.807) is 0 Å². The molecule has 25 heavy (non-hydrogen) atoms. The predicted octanol–water partition coefficient (Wildman–Crippen LogP) is 2.87. The van der Waals surface area contributed by atoms with Gasteiger partial charge < -0.3 is 10.1 Å². The first-order valence-corrected chi connectivity index (χ1v) is 6.99. The zero-order valence-electron chi connectivity index (χ0n) is 12.6. The van der Waals surface area contributed by atoms with Gasteiger partial charge in [-0.15, -0.1) is 0 Å². The zero-order chi connectivity index (χ0) is 18.9. The quantitative estimate of drug-likeness (QED) is 0.123. The Morgan fingerprint density at radius 1 is 1.24 bits per heavy atom. The summed E-state index contributed by atoms with van der Waals surface area (Å²) in [7, 11) is 0. The van der Waals surface area contributed by atoms with E-state index in [-0.39, 0.29) is 12.7 Å². The third-order valence-electron chi connectivity index (χ3n) is 3.34. The number of rotatable bonds is 6. The Kier molecular flexibility index (Phi) is 5.09. The number of hydrogen-bond acceptors (Lipinski definition) is 4. The van der Waals surface area contributed by atoms with Crippen LogP contribution in [0.5, 0.6) is 0 Å². The second-order valence-corrected chi connectivity index (χ2v) is 5.14. The third-order valence-corrected chi connectivity index (χ3v) is 3.34. The molecule has 0 radical (unpaired) electrons. The number of Topliss-reactive ketones (excluding diaryl/α,β-unsaturated/α-hetero) is 1. The molecule has 1 unspecified atom stereocenters. The van der Waals surface area contributed by atoms with E-state index in [1.165, 1.54) is 6.92 Å². The van der Waals surface area contributed by atoms with E-state index in [1.807, 2.05) is 0 Å². The lowest BCUT2D eigenvalue weighted by Crippen LogP contribution is -2.23. The van der Waals surface area contributed by atoms with Crippen molar-refractivity contribution in [1.82, 2.24) is 5.32 Å². The second-order valence-electron chi connectivity index (χ2n) is 5.14. The van der Waals surface area contributed by atoms with Gasteiger partial charge in [0.15, 0.2) is 23.3 Å². The number of hydrogen-bond donors (Lipinski definition) is 1. The van der Waals surface area contributed by atoms with Crippen molar-refractivity contribution in [1.29, 1.82) is 0 Å². The lowest BCUT2D eigenvalue weighted by molar-refractivity contribution is -0.138. The van der Waals surface area contributed by atoms with Crippen LogP contribution in [0.15, 0.2) is 17.8 Å². The highest BCUT2D eigenvalue weighted by Gasteiger charge is 2.56. The highest BCUT2D eigenvalue weighted by atomic mass is 19.3. The number of esters is 1. The Balaban J connectivity index is 2.39. The van der Waals surface area contributed by atoms with Crippen LogP contribution in [-0.2, 0) is 9.53 Å². The smallest absolute Gasteiger partial charge is 0.343 e. The molecule has 1 aromatic carbocycles. The lowest BCUT2D eigenvalue weighted by Gasteiger charge is -2.09. The topological polar surface area (TPSA) is 55.4 Å². The molecule has 1 atom stereocenters. The zero-order valence-corrected chi connectivity index (χ0v) is 12.6. The van der Waals surface area contributed by atoms with Gasteiger partial charge in [0.1, 0.15) is 5.57 Å². The summed E-state index contributed by atoms with van der Waals surface area (Å²) < 4.78 is 83.4. The number of alkyl halides is 2. The van der Waals surface area contributed by atoms with Gasteiger partial charge in [-0.25, -0.2) is 31.1 Å². The first-order chi connectivity index (χ1) is 11.6. The van der Waals surface area contributed by atoms with Crippen molar-refractivity contribution in [2.45, 2.75) is 25.3 Å². The van der Waals surface area contributed by atoms with Crippen LogP contribution in [-0.4, -0.2) is 30.3 Å². The molecular weight excluding hydrogens is 356 g/mol. The SMILES string of the molecule is CCOC(=O)C(=CNC1CC1(F)F)C(=O)c1cc(F)c(F)c(F)c1F. The fraction of sp³-hybridized carbons (Fsp3) is 0.333. The van der Waals surface area contributed by atoms with Crippen molar-refractivity contribution >= 4 is 11.8 Å². The fourth-order valence-corrected chi connectivity index (χ4v) is 1.89. The first-order valence-electron chi connectivity index (χ1n) is 6.99. The van der Waals surface area contributed by atoms with E-state index in [0.717, 1.165) is 0 Å². The number of carbonyl (C=O) groups excluding carboxylic acids is 2. The summed E-state index contributed by atoms with van der Waals surface area (Å²) in [4.78, 5) is 24.0. The molecular formula is C15H11F6NO3. The third kappa shape index (κ3) is 3.77. The van der Waals surface area contributed by atoms with Crippen LogP contribution in [0.25, 0.3) is 0 Å². The summed E-state index contributed by atoms with van der Waals surface area (Å²) in [6.07, 6.45) is 0.00642. The number of nitrogens with one attached hydrogen (secondary N) is 1. The minimum absolute atomic E-state index is 0.0644. The van der Waals surface area contributed by atoms with Gasteiger partial charge in [0.05, 0.1) is 18.2 Å². The van der Waals surface area contributed by atoms with E-state index >= 15 is 0 Å². The number of benzene rings is 1.